The van der Waals surface area contributed by atoms with Crippen LogP contribution in [-0.2, 0) is 7.05 Å². The number of alkyl halides is 1. The molecule has 1 amide bonds. The van der Waals surface area contributed by atoms with Gasteiger partial charge >= 0.3 is 0 Å². The summed E-state index contributed by atoms with van der Waals surface area (Å²) in [5.74, 6) is -0.146. The Hall–Kier alpha value is -3.55. The van der Waals surface area contributed by atoms with Crippen LogP contribution in [0, 0.1) is 0 Å². The number of fused-ring (bicyclic) bond motifs is 1. The van der Waals surface area contributed by atoms with Crippen LogP contribution in [0.4, 0.5) is 10.1 Å². The maximum atomic E-state index is 14.6. The average molecular weight is 392 g/mol. The van der Waals surface area contributed by atoms with Crippen LogP contribution in [0.2, 0.25) is 0 Å². The number of anilines is 1. The Labute approximate surface area is 167 Å². The average Bonchev–Trinajstić information content (AvgIpc) is 3.33. The molecule has 0 saturated carbocycles. The highest BCUT2D eigenvalue weighted by molar-refractivity contribution is 6.01. The van der Waals surface area contributed by atoms with Gasteiger partial charge in [-0.15, -0.1) is 0 Å². The Kier molecular flexibility index (Phi) is 5.07. The monoisotopic (exact) mass is 392 g/mol. The normalized spacial score (nSPS) is 12.2. The van der Waals surface area contributed by atoms with E-state index in [0.717, 1.165) is 17.5 Å². The predicted octanol–water partition coefficient (Wildman–Crippen LogP) is 4.19. The largest absolute Gasteiger partial charge is 0.318 e. The molecule has 1 atom stereocenters. The van der Waals surface area contributed by atoms with Crippen molar-refractivity contribution in [1.29, 1.82) is 0 Å². The minimum Gasteiger partial charge on any atom is -0.318 e. The van der Waals surface area contributed by atoms with Crippen LogP contribution in [0.3, 0.4) is 0 Å². The van der Waals surface area contributed by atoms with E-state index in [4.69, 9.17) is 0 Å². The van der Waals surface area contributed by atoms with Gasteiger partial charge in [0.15, 0.2) is 0 Å². The minimum absolute atomic E-state index is 0.213. The molecule has 0 fully saturated rings. The fourth-order valence-corrected chi connectivity index (χ4v) is 3.29. The molecule has 8 heteroatoms. The molecule has 0 saturated heterocycles. The maximum absolute atomic E-state index is 14.6. The van der Waals surface area contributed by atoms with Crippen LogP contribution < -0.4 is 5.32 Å². The number of aryl methyl sites for hydroxylation is 1. The van der Waals surface area contributed by atoms with Crippen LogP contribution >= 0.6 is 0 Å². The molecule has 1 aromatic carbocycles. The van der Waals surface area contributed by atoms with Crippen molar-refractivity contribution in [2.24, 2.45) is 7.05 Å². The number of benzene rings is 1. The number of pyridine rings is 1. The molecule has 4 aromatic rings. The lowest BCUT2D eigenvalue weighted by Crippen LogP contribution is -2.17. The SMILES string of the molecule is CCCC(F)c1ccccc1-c1cc2ccc(NC(=O)c3ncnn3C)cn2n1. The standard InChI is InChI=1S/C21H21FN6O/c1-3-6-18(22)16-7-4-5-8-17(16)19-11-15-10-9-14(12-28(15)26-19)25-21(29)20-23-13-24-27(20)2/h4-5,7-13,18H,3,6H2,1-2H3,(H,25,29). The van der Waals surface area contributed by atoms with Crippen molar-refractivity contribution in [3.05, 3.63) is 66.4 Å². The first kappa shape index (κ1) is 18.8. The van der Waals surface area contributed by atoms with Gasteiger partial charge in [-0.2, -0.15) is 10.2 Å². The molecule has 0 aliphatic rings. The first-order valence-electron chi connectivity index (χ1n) is 9.45. The topological polar surface area (TPSA) is 77.1 Å². The van der Waals surface area contributed by atoms with Gasteiger partial charge in [0.05, 0.1) is 23.1 Å². The fourth-order valence-electron chi connectivity index (χ4n) is 3.29. The van der Waals surface area contributed by atoms with E-state index in [0.29, 0.717) is 23.4 Å². The molecule has 0 radical (unpaired) electrons. The Balaban J connectivity index is 1.65. The van der Waals surface area contributed by atoms with Crippen molar-refractivity contribution in [3.8, 4) is 11.3 Å². The van der Waals surface area contributed by atoms with E-state index in [1.807, 2.05) is 43.3 Å². The zero-order valence-corrected chi connectivity index (χ0v) is 16.2. The number of nitrogens with one attached hydrogen (secondary N) is 1. The smallest absolute Gasteiger partial charge is 0.293 e. The van der Waals surface area contributed by atoms with Crippen LogP contribution in [-0.4, -0.2) is 30.3 Å². The molecule has 7 nitrogen and oxygen atoms in total. The molecule has 0 aliphatic heterocycles. The van der Waals surface area contributed by atoms with Crippen LogP contribution in [0.5, 0.6) is 0 Å². The van der Waals surface area contributed by atoms with Crippen molar-refractivity contribution < 1.29 is 9.18 Å². The highest BCUT2D eigenvalue weighted by atomic mass is 19.1. The number of halogens is 1. The van der Waals surface area contributed by atoms with Crippen molar-refractivity contribution in [1.82, 2.24) is 24.4 Å². The molecule has 4 rings (SSSR count). The van der Waals surface area contributed by atoms with Gasteiger partial charge in [0.2, 0.25) is 5.82 Å². The summed E-state index contributed by atoms with van der Waals surface area (Å²) in [6.45, 7) is 1.97. The first-order valence-corrected chi connectivity index (χ1v) is 9.45. The zero-order chi connectivity index (χ0) is 20.4. The second kappa shape index (κ2) is 7.83. The molecule has 3 aromatic heterocycles. The summed E-state index contributed by atoms with van der Waals surface area (Å²) in [5.41, 5.74) is 3.53. The van der Waals surface area contributed by atoms with E-state index < -0.39 is 6.17 Å². The van der Waals surface area contributed by atoms with E-state index in [2.05, 4.69) is 20.5 Å². The Morgan fingerprint density at radius 3 is 2.83 bits per heavy atom. The Bertz CT molecular complexity index is 1160. The summed E-state index contributed by atoms with van der Waals surface area (Å²) in [6, 6.07) is 13.0. The van der Waals surface area contributed by atoms with Gasteiger partial charge in [-0.25, -0.2) is 18.6 Å². The van der Waals surface area contributed by atoms with Crippen molar-refractivity contribution >= 4 is 17.1 Å². The van der Waals surface area contributed by atoms with Gasteiger partial charge in [0.1, 0.15) is 12.5 Å². The third kappa shape index (κ3) is 3.73. The minimum atomic E-state index is -1.03. The lowest BCUT2D eigenvalue weighted by molar-refractivity contribution is 0.101. The highest BCUT2D eigenvalue weighted by Crippen LogP contribution is 2.32. The van der Waals surface area contributed by atoms with Crippen LogP contribution in [0.1, 0.15) is 42.1 Å². The molecule has 0 spiro atoms. The Morgan fingerprint density at radius 1 is 1.24 bits per heavy atom. The van der Waals surface area contributed by atoms with E-state index >= 15 is 0 Å². The number of hydrogen-bond acceptors (Lipinski definition) is 4. The number of carbonyl (C=O) groups is 1. The third-order valence-corrected chi connectivity index (χ3v) is 4.75. The lowest BCUT2D eigenvalue weighted by atomic mass is 9.98. The van der Waals surface area contributed by atoms with Gasteiger partial charge in [0.25, 0.3) is 5.91 Å². The van der Waals surface area contributed by atoms with E-state index in [-0.39, 0.29) is 11.7 Å². The van der Waals surface area contributed by atoms with E-state index in [1.54, 1.807) is 23.8 Å². The summed E-state index contributed by atoms with van der Waals surface area (Å²) < 4.78 is 17.7. The molecule has 1 unspecified atom stereocenters. The zero-order valence-electron chi connectivity index (χ0n) is 16.2. The molecule has 29 heavy (non-hydrogen) atoms. The molecule has 0 aliphatic carbocycles. The number of nitrogens with zero attached hydrogens (tertiary/aromatic N) is 5. The number of hydrogen-bond donors (Lipinski definition) is 1. The van der Waals surface area contributed by atoms with Gasteiger partial charge in [-0.3, -0.25) is 4.79 Å². The summed E-state index contributed by atoms with van der Waals surface area (Å²) in [5, 5.41) is 11.3. The molecule has 0 bridgehead atoms. The van der Waals surface area contributed by atoms with Gasteiger partial charge < -0.3 is 5.32 Å². The van der Waals surface area contributed by atoms with Crippen LogP contribution in [0.15, 0.2) is 55.0 Å². The lowest BCUT2D eigenvalue weighted by Gasteiger charge is -2.11. The highest BCUT2D eigenvalue weighted by Gasteiger charge is 2.17. The summed E-state index contributed by atoms with van der Waals surface area (Å²) >= 11 is 0. The molecule has 3 heterocycles. The number of carbonyl (C=O) groups excluding carboxylic acids is 1. The van der Waals surface area contributed by atoms with Crippen molar-refractivity contribution in [3.63, 3.8) is 0 Å². The third-order valence-electron chi connectivity index (χ3n) is 4.75. The second-order valence-electron chi connectivity index (χ2n) is 6.82. The predicted molar refractivity (Wildman–Crippen MR) is 108 cm³/mol. The summed E-state index contributed by atoms with van der Waals surface area (Å²) in [6.07, 6.45) is 3.26. The molecular formula is C21H21FN6O. The van der Waals surface area contributed by atoms with E-state index in [1.165, 1.54) is 11.0 Å². The van der Waals surface area contributed by atoms with Gasteiger partial charge in [-0.1, -0.05) is 37.6 Å². The molecule has 1 N–H and O–H groups in total. The van der Waals surface area contributed by atoms with Crippen molar-refractivity contribution in [2.45, 2.75) is 25.9 Å². The Morgan fingerprint density at radius 2 is 2.07 bits per heavy atom. The van der Waals surface area contributed by atoms with Crippen molar-refractivity contribution in [2.75, 3.05) is 5.32 Å². The molecular weight excluding hydrogens is 371 g/mol. The fraction of sp³-hybridized carbons (Fsp3) is 0.238. The van der Waals surface area contributed by atoms with Crippen LogP contribution in [0.25, 0.3) is 16.8 Å². The quantitative estimate of drug-likeness (QED) is 0.534. The first-order chi connectivity index (χ1) is 14.1. The summed E-state index contributed by atoms with van der Waals surface area (Å²) in [4.78, 5) is 16.3. The van der Waals surface area contributed by atoms with Gasteiger partial charge in [0, 0.05) is 12.6 Å². The van der Waals surface area contributed by atoms with Gasteiger partial charge in [-0.05, 0) is 30.2 Å². The maximum Gasteiger partial charge on any atom is 0.293 e. The van der Waals surface area contributed by atoms with E-state index in [9.17, 15) is 9.18 Å². The number of rotatable bonds is 6. The number of amides is 1. The number of aromatic nitrogens is 5. The second-order valence-corrected chi connectivity index (χ2v) is 6.82. The molecule has 148 valence electrons. The summed E-state index contributed by atoms with van der Waals surface area (Å²) in [7, 11) is 1.65.